The van der Waals surface area contributed by atoms with Crippen molar-refractivity contribution in [3.05, 3.63) is 28.2 Å². The number of hydrazine groups is 1. The first kappa shape index (κ1) is 11.1. The van der Waals surface area contributed by atoms with Crippen molar-refractivity contribution >= 4 is 34.9 Å². The van der Waals surface area contributed by atoms with Gasteiger partial charge in [-0.25, -0.2) is 10.6 Å². The van der Waals surface area contributed by atoms with Crippen LogP contribution in [0.15, 0.2) is 18.2 Å². The maximum Gasteiger partial charge on any atom is 0.335 e. The third-order valence-electron chi connectivity index (χ3n) is 1.70. The topological polar surface area (TPSA) is 58.4 Å². The van der Waals surface area contributed by atoms with Crippen LogP contribution in [-0.2, 0) is 0 Å². The molecule has 0 spiro atoms. The van der Waals surface area contributed by atoms with Crippen molar-refractivity contribution in [3.63, 3.8) is 0 Å². The molecule has 0 aliphatic rings. The summed E-state index contributed by atoms with van der Waals surface area (Å²) in [5.41, 5.74) is 2.54. The minimum Gasteiger partial charge on any atom is -0.295 e. The second kappa shape index (κ2) is 4.50. The molecule has 0 atom stereocenters. The van der Waals surface area contributed by atoms with E-state index >= 15 is 0 Å². The van der Waals surface area contributed by atoms with Crippen LogP contribution in [0.4, 0.5) is 10.5 Å². The maximum atomic E-state index is 11.1. The van der Waals surface area contributed by atoms with E-state index in [1.807, 2.05) is 5.43 Å². The quantitative estimate of drug-likeness (QED) is 0.443. The molecule has 0 heterocycles. The van der Waals surface area contributed by atoms with E-state index in [4.69, 9.17) is 29.0 Å². The van der Waals surface area contributed by atoms with Gasteiger partial charge in [-0.05, 0) is 18.2 Å². The Labute approximate surface area is 91.5 Å². The van der Waals surface area contributed by atoms with Crippen LogP contribution in [0.25, 0.3) is 0 Å². The van der Waals surface area contributed by atoms with E-state index in [1.54, 1.807) is 25.2 Å². The molecular weight excluding hydrogens is 225 g/mol. The number of benzene rings is 1. The highest BCUT2D eigenvalue weighted by molar-refractivity contribution is 6.36. The fourth-order valence-corrected chi connectivity index (χ4v) is 1.49. The first-order chi connectivity index (χ1) is 6.56. The molecular formula is C8H9Cl2N3O. The van der Waals surface area contributed by atoms with Crippen LogP contribution >= 0.6 is 23.2 Å². The molecule has 0 aliphatic carbocycles. The predicted molar refractivity (Wildman–Crippen MR) is 57.6 cm³/mol. The van der Waals surface area contributed by atoms with Gasteiger partial charge in [0, 0.05) is 12.1 Å². The number of nitrogens with two attached hydrogens (primary N) is 1. The molecule has 0 aromatic heterocycles. The zero-order valence-corrected chi connectivity index (χ0v) is 8.93. The standard InChI is InChI=1S/C8H9Cl2N3O/c1-13(8(14)12-11)7-3-2-5(9)4-6(7)10/h2-4H,11H2,1H3,(H,12,14). The molecule has 1 aromatic rings. The van der Waals surface area contributed by atoms with E-state index in [0.29, 0.717) is 15.7 Å². The van der Waals surface area contributed by atoms with Crippen LogP contribution in [0.5, 0.6) is 0 Å². The smallest absolute Gasteiger partial charge is 0.295 e. The van der Waals surface area contributed by atoms with Crippen LogP contribution in [0, 0.1) is 0 Å². The average Bonchev–Trinajstić information content (AvgIpc) is 2.15. The number of hydrogen-bond donors (Lipinski definition) is 2. The summed E-state index contributed by atoms with van der Waals surface area (Å²) in [6.45, 7) is 0. The highest BCUT2D eigenvalue weighted by Crippen LogP contribution is 2.27. The van der Waals surface area contributed by atoms with Crippen LogP contribution in [-0.4, -0.2) is 13.1 Å². The van der Waals surface area contributed by atoms with Crippen molar-refractivity contribution in [2.75, 3.05) is 11.9 Å². The van der Waals surface area contributed by atoms with Gasteiger partial charge in [-0.1, -0.05) is 23.2 Å². The molecule has 0 saturated heterocycles. The van der Waals surface area contributed by atoms with Gasteiger partial charge in [-0.15, -0.1) is 0 Å². The van der Waals surface area contributed by atoms with Crippen molar-refractivity contribution < 1.29 is 4.79 Å². The van der Waals surface area contributed by atoms with Gasteiger partial charge in [0.15, 0.2) is 0 Å². The summed E-state index contributed by atoms with van der Waals surface area (Å²) < 4.78 is 0. The zero-order chi connectivity index (χ0) is 10.7. The molecule has 14 heavy (non-hydrogen) atoms. The molecule has 0 fully saturated rings. The first-order valence-electron chi connectivity index (χ1n) is 3.75. The van der Waals surface area contributed by atoms with Crippen molar-refractivity contribution in [3.8, 4) is 0 Å². The number of hydrogen-bond acceptors (Lipinski definition) is 2. The third-order valence-corrected chi connectivity index (χ3v) is 2.24. The Bertz CT molecular complexity index is 356. The third kappa shape index (κ3) is 2.29. The number of nitrogens with zero attached hydrogens (tertiary/aromatic N) is 1. The van der Waals surface area contributed by atoms with E-state index in [9.17, 15) is 4.79 Å². The first-order valence-corrected chi connectivity index (χ1v) is 4.51. The van der Waals surface area contributed by atoms with E-state index in [-0.39, 0.29) is 0 Å². The Hall–Kier alpha value is -0.970. The van der Waals surface area contributed by atoms with Gasteiger partial charge < -0.3 is 0 Å². The molecule has 6 heteroatoms. The lowest BCUT2D eigenvalue weighted by atomic mass is 10.3. The van der Waals surface area contributed by atoms with Crippen LogP contribution < -0.4 is 16.2 Å². The van der Waals surface area contributed by atoms with E-state index in [1.165, 1.54) is 4.90 Å². The summed E-state index contributed by atoms with van der Waals surface area (Å²) in [5.74, 6) is 4.98. The minimum atomic E-state index is -0.450. The molecule has 4 nitrogen and oxygen atoms in total. The second-order valence-corrected chi connectivity index (χ2v) is 3.45. The van der Waals surface area contributed by atoms with E-state index < -0.39 is 6.03 Å². The number of anilines is 1. The number of rotatable bonds is 1. The zero-order valence-electron chi connectivity index (χ0n) is 7.42. The summed E-state index contributed by atoms with van der Waals surface area (Å²) in [6, 6.07) is 4.39. The maximum absolute atomic E-state index is 11.1. The highest BCUT2D eigenvalue weighted by atomic mass is 35.5. The summed E-state index contributed by atoms with van der Waals surface area (Å²) in [7, 11) is 1.55. The van der Waals surface area contributed by atoms with Gasteiger partial charge in [0.25, 0.3) is 0 Å². The SMILES string of the molecule is CN(C(=O)NN)c1ccc(Cl)cc1Cl. The summed E-state index contributed by atoms with van der Waals surface area (Å²) >= 11 is 11.6. The van der Waals surface area contributed by atoms with Crippen molar-refractivity contribution in [1.82, 2.24) is 5.43 Å². The van der Waals surface area contributed by atoms with Gasteiger partial charge in [0.1, 0.15) is 0 Å². The fourth-order valence-electron chi connectivity index (χ4n) is 0.960. The Morgan fingerprint density at radius 1 is 1.50 bits per heavy atom. The summed E-state index contributed by atoms with van der Waals surface area (Å²) in [5, 5.41) is 0.906. The Morgan fingerprint density at radius 3 is 2.64 bits per heavy atom. The lowest BCUT2D eigenvalue weighted by molar-refractivity contribution is 0.247. The number of urea groups is 1. The number of carbonyl (C=O) groups excluding carboxylic acids is 1. The monoisotopic (exact) mass is 233 g/mol. The van der Waals surface area contributed by atoms with Gasteiger partial charge in [0.2, 0.25) is 0 Å². The fraction of sp³-hybridized carbons (Fsp3) is 0.125. The molecule has 0 saturated carbocycles. The molecule has 0 bridgehead atoms. The number of halogens is 2. The Morgan fingerprint density at radius 2 is 2.14 bits per heavy atom. The van der Waals surface area contributed by atoms with Crippen LogP contribution in [0.2, 0.25) is 10.0 Å². The van der Waals surface area contributed by atoms with Gasteiger partial charge >= 0.3 is 6.03 Å². The van der Waals surface area contributed by atoms with Crippen molar-refractivity contribution in [1.29, 1.82) is 0 Å². The predicted octanol–water partition coefficient (Wildman–Crippen LogP) is 2.01. The van der Waals surface area contributed by atoms with Crippen LogP contribution in [0.1, 0.15) is 0 Å². The van der Waals surface area contributed by atoms with Gasteiger partial charge in [-0.2, -0.15) is 0 Å². The summed E-state index contributed by atoms with van der Waals surface area (Å²) in [4.78, 5) is 12.4. The molecule has 0 aliphatic heterocycles. The minimum absolute atomic E-state index is 0.392. The van der Waals surface area contributed by atoms with E-state index in [0.717, 1.165) is 0 Å². The number of carbonyl (C=O) groups is 1. The van der Waals surface area contributed by atoms with Gasteiger partial charge in [-0.3, -0.25) is 10.3 Å². The molecule has 2 amide bonds. The molecule has 0 radical (unpaired) electrons. The van der Waals surface area contributed by atoms with Crippen molar-refractivity contribution in [2.45, 2.75) is 0 Å². The summed E-state index contributed by atoms with van der Waals surface area (Å²) in [6.07, 6.45) is 0. The normalized spacial score (nSPS) is 9.71. The number of amides is 2. The molecule has 1 rings (SSSR count). The van der Waals surface area contributed by atoms with Crippen LogP contribution in [0.3, 0.4) is 0 Å². The number of nitrogens with one attached hydrogen (secondary N) is 1. The Kier molecular flexibility index (Phi) is 3.57. The van der Waals surface area contributed by atoms with E-state index in [2.05, 4.69) is 0 Å². The second-order valence-electron chi connectivity index (χ2n) is 2.60. The molecule has 3 N–H and O–H groups in total. The lowest BCUT2D eigenvalue weighted by Crippen LogP contribution is -2.41. The average molecular weight is 234 g/mol. The van der Waals surface area contributed by atoms with Crippen molar-refractivity contribution in [2.24, 2.45) is 5.84 Å². The lowest BCUT2D eigenvalue weighted by Gasteiger charge is -2.17. The highest BCUT2D eigenvalue weighted by Gasteiger charge is 2.12. The molecule has 76 valence electrons. The molecule has 1 aromatic carbocycles. The largest absolute Gasteiger partial charge is 0.335 e. The Balaban J connectivity index is 3.01. The van der Waals surface area contributed by atoms with Gasteiger partial charge in [0.05, 0.1) is 10.7 Å². The molecule has 0 unspecified atom stereocenters.